The van der Waals surface area contributed by atoms with Crippen LogP contribution in [0.15, 0.2) is 0 Å². The van der Waals surface area contributed by atoms with Crippen molar-refractivity contribution in [1.29, 1.82) is 0 Å². The third-order valence-electron chi connectivity index (χ3n) is 3.64. The lowest BCUT2D eigenvalue weighted by molar-refractivity contribution is 0.148. The van der Waals surface area contributed by atoms with Gasteiger partial charge >= 0.3 is 0 Å². The molecule has 0 fully saturated rings. The molecule has 2 nitrogen and oxygen atoms in total. The van der Waals surface area contributed by atoms with Gasteiger partial charge in [0.15, 0.2) is 0 Å². The van der Waals surface area contributed by atoms with Crippen molar-refractivity contribution in [2.24, 2.45) is 5.41 Å². The van der Waals surface area contributed by atoms with Crippen molar-refractivity contribution in [2.75, 3.05) is 26.7 Å². The third kappa shape index (κ3) is 5.86. The van der Waals surface area contributed by atoms with Gasteiger partial charge in [0.1, 0.15) is 0 Å². The van der Waals surface area contributed by atoms with Gasteiger partial charge in [-0.05, 0) is 52.6 Å². The largest absolute Gasteiger partial charge is 0.311 e. The Balaban J connectivity index is 4.43. The van der Waals surface area contributed by atoms with E-state index in [0.29, 0.717) is 5.41 Å². The van der Waals surface area contributed by atoms with Gasteiger partial charge in [0.2, 0.25) is 0 Å². The van der Waals surface area contributed by atoms with Gasteiger partial charge in [-0.2, -0.15) is 0 Å². The van der Waals surface area contributed by atoms with Crippen LogP contribution in [0.4, 0.5) is 0 Å². The number of nitrogens with zero attached hydrogens (tertiary/aromatic N) is 1. The van der Waals surface area contributed by atoms with Crippen LogP contribution in [0.25, 0.3) is 0 Å². The summed E-state index contributed by atoms with van der Waals surface area (Å²) in [6.07, 6.45) is 2.49. The molecule has 0 bridgehead atoms. The zero-order chi connectivity index (χ0) is 12.8. The maximum absolute atomic E-state index is 3.67. The summed E-state index contributed by atoms with van der Waals surface area (Å²) in [5.41, 5.74) is 0.651. The van der Waals surface area contributed by atoms with Crippen molar-refractivity contribution in [3.8, 4) is 0 Å². The molecule has 16 heavy (non-hydrogen) atoms. The smallest absolute Gasteiger partial charge is 0.00967 e. The zero-order valence-corrected chi connectivity index (χ0v) is 12.5. The first-order valence-corrected chi connectivity index (χ1v) is 6.72. The summed E-state index contributed by atoms with van der Waals surface area (Å²) in [6, 6.07) is 0. The van der Waals surface area contributed by atoms with Crippen molar-refractivity contribution in [3.05, 3.63) is 0 Å². The molecule has 0 saturated heterocycles. The lowest BCUT2D eigenvalue weighted by atomic mass is 9.81. The molecule has 0 aromatic carbocycles. The van der Waals surface area contributed by atoms with Crippen LogP contribution < -0.4 is 5.32 Å². The van der Waals surface area contributed by atoms with Gasteiger partial charge in [-0.25, -0.2) is 0 Å². The molecular weight excluding hydrogens is 196 g/mol. The van der Waals surface area contributed by atoms with Crippen LogP contribution in [0.2, 0.25) is 0 Å². The molecule has 0 amide bonds. The molecular formula is C14H32N2. The molecule has 2 heteroatoms. The highest BCUT2D eigenvalue weighted by Crippen LogP contribution is 2.27. The van der Waals surface area contributed by atoms with Crippen LogP contribution in [0.1, 0.15) is 54.4 Å². The minimum absolute atomic E-state index is 0.223. The number of hydrogen-bond acceptors (Lipinski definition) is 2. The van der Waals surface area contributed by atoms with Crippen LogP contribution in [-0.2, 0) is 0 Å². The van der Waals surface area contributed by atoms with Gasteiger partial charge in [-0.3, -0.25) is 0 Å². The second-order valence-electron chi connectivity index (χ2n) is 6.14. The highest BCUT2D eigenvalue weighted by atomic mass is 15.1. The monoisotopic (exact) mass is 228 g/mol. The van der Waals surface area contributed by atoms with Crippen LogP contribution in [0.3, 0.4) is 0 Å². The van der Waals surface area contributed by atoms with E-state index in [2.05, 4.69) is 58.8 Å². The van der Waals surface area contributed by atoms with Crippen molar-refractivity contribution < 1.29 is 0 Å². The minimum Gasteiger partial charge on any atom is -0.311 e. The average molecular weight is 228 g/mol. The first-order valence-electron chi connectivity index (χ1n) is 6.72. The van der Waals surface area contributed by atoms with E-state index in [9.17, 15) is 0 Å². The molecule has 0 aliphatic heterocycles. The van der Waals surface area contributed by atoms with E-state index in [1.807, 2.05) is 0 Å². The average Bonchev–Trinajstić information content (AvgIpc) is 2.23. The maximum Gasteiger partial charge on any atom is 0.00967 e. The van der Waals surface area contributed by atoms with Crippen LogP contribution >= 0.6 is 0 Å². The summed E-state index contributed by atoms with van der Waals surface area (Å²) < 4.78 is 0. The Hall–Kier alpha value is -0.0800. The molecule has 0 aromatic rings. The fourth-order valence-electron chi connectivity index (χ4n) is 1.92. The summed E-state index contributed by atoms with van der Waals surface area (Å²) >= 11 is 0. The van der Waals surface area contributed by atoms with E-state index in [1.165, 1.54) is 19.4 Å². The topological polar surface area (TPSA) is 15.3 Å². The summed E-state index contributed by atoms with van der Waals surface area (Å²) in [4.78, 5) is 2.43. The van der Waals surface area contributed by atoms with E-state index < -0.39 is 0 Å². The SMILES string of the molecule is CCN(C)CC(CC)(CC)CNC(C)(C)C. The van der Waals surface area contributed by atoms with E-state index in [1.54, 1.807) is 0 Å². The Morgan fingerprint density at radius 2 is 1.50 bits per heavy atom. The molecule has 0 atom stereocenters. The molecule has 0 aromatic heterocycles. The lowest BCUT2D eigenvalue weighted by Crippen LogP contribution is -2.47. The van der Waals surface area contributed by atoms with Gasteiger partial charge in [-0.1, -0.05) is 20.8 Å². The van der Waals surface area contributed by atoms with Crippen molar-refractivity contribution >= 4 is 0 Å². The predicted octanol–water partition coefficient (Wildman–Crippen LogP) is 3.13. The van der Waals surface area contributed by atoms with Gasteiger partial charge in [0, 0.05) is 18.6 Å². The predicted molar refractivity (Wildman–Crippen MR) is 73.9 cm³/mol. The Labute approximate surface area is 103 Å². The highest BCUT2D eigenvalue weighted by Gasteiger charge is 2.28. The molecule has 0 heterocycles. The second-order valence-corrected chi connectivity index (χ2v) is 6.14. The Morgan fingerprint density at radius 1 is 1.00 bits per heavy atom. The standard InChI is InChI=1S/C14H32N2/c1-8-14(9-2,12-16(7)10-3)11-15-13(4,5)6/h15H,8-12H2,1-7H3. The first-order chi connectivity index (χ1) is 7.28. The number of rotatable bonds is 7. The minimum atomic E-state index is 0.223. The summed E-state index contributed by atoms with van der Waals surface area (Å²) in [5.74, 6) is 0. The van der Waals surface area contributed by atoms with E-state index in [-0.39, 0.29) is 5.54 Å². The van der Waals surface area contributed by atoms with Gasteiger partial charge in [0.25, 0.3) is 0 Å². The quantitative estimate of drug-likeness (QED) is 0.720. The molecule has 1 N–H and O–H groups in total. The van der Waals surface area contributed by atoms with Gasteiger partial charge in [-0.15, -0.1) is 0 Å². The summed E-state index contributed by atoms with van der Waals surface area (Å²) in [6.45, 7) is 17.0. The Morgan fingerprint density at radius 3 is 1.81 bits per heavy atom. The highest BCUT2D eigenvalue weighted by molar-refractivity contribution is 4.85. The Kier molecular flexibility index (Phi) is 6.57. The van der Waals surface area contributed by atoms with Gasteiger partial charge < -0.3 is 10.2 Å². The third-order valence-corrected chi connectivity index (χ3v) is 3.64. The first kappa shape index (κ1) is 15.9. The molecule has 0 rings (SSSR count). The fourth-order valence-corrected chi connectivity index (χ4v) is 1.92. The van der Waals surface area contributed by atoms with Crippen molar-refractivity contribution in [3.63, 3.8) is 0 Å². The summed E-state index contributed by atoms with van der Waals surface area (Å²) in [5, 5.41) is 3.67. The number of nitrogens with one attached hydrogen (secondary N) is 1. The van der Waals surface area contributed by atoms with Crippen LogP contribution in [0, 0.1) is 5.41 Å². The molecule has 0 unspecified atom stereocenters. The lowest BCUT2D eigenvalue weighted by Gasteiger charge is -2.38. The molecule has 0 radical (unpaired) electrons. The van der Waals surface area contributed by atoms with E-state index in [0.717, 1.165) is 13.1 Å². The second kappa shape index (κ2) is 6.61. The molecule has 0 aliphatic rings. The number of hydrogen-bond donors (Lipinski definition) is 1. The van der Waals surface area contributed by atoms with Crippen molar-refractivity contribution in [1.82, 2.24) is 10.2 Å². The Bertz CT molecular complexity index is 178. The normalized spacial score (nSPS) is 13.5. The summed E-state index contributed by atoms with van der Waals surface area (Å²) in [7, 11) is 2.22. The van der Waals surface area contributed by atoms with Crippen LogP contribution in [0.5, 0.6) is 0 Å². The van der Waals surface area contributed by atoms with Gasteiger partial charge in [0.05, 0.1) is 0 Å². The zero-order valence-electron chi connectivity index (χ0n) is 12.5. The van der Waals surface area contributed by atoms with Crippen LogP contribution in [-0.4, -0.2) is 37.1 Å². The molecule has 0 saturated carbocycles. The molecule has 0 aliphatic carbocycles. The maximum atomic E-state index is 3.67. The fraction of sp³-hybridized carbons (Fsp3) is 1.00. The van der Waals surface area contributed by atoms with E-state index >= 15 is 0 Å². The molecule has 98 valence electrons. The van der Waals surface area contributed by atoms with Crippen molar-refractivity contribution in [2.45, 2.75) is 59.9 Å². The molecule has 0 spiro atoms. The van der Waals surface area contributed by atoms with E-state index in [4.69, 9.17) is 0 Å².